The van der Waals surface area contributed by atoms with E-state index in [-0.39, 0.29) is 43.7 Å². The molecule has 2 aromatic carbocycles. The summed E-state index contributed by atoms with van der Waals surface area (Å²) in [6.07, 6.45) is 2.34. The molecule has 0 fully saturated rings. The zero-order chi connectivity index (χ0) is 28.5. The van der Waals surface area contributed by atoms with Crippen molar-refractivity contribution in [3.63, 3.8) is 0 Å². The van der Waals surface area contributed by atoms with Crippen LogP contribution in [0.2, 0.25) is 5.02 Å². The number of anilines is 4. The minimum absolute atomic E-state index is 0. The first kappa shape index (κ1) is 32.0. The SMILES string of the molecule is COc1cc2c(cc1Nc1ncc(Cl)c(Nc3ccc(OS(=O)(=O)F)cc3OP(C)C)n1)CN(C)C(C)(C)C2.P. The second-order valence-electron chi connectivity index (χ2n) is 9.84. The minimum Gasteiger partial charge on any atom is -0.495 e. The van der Waals surface area contributed by atoms with Gasteiger partial charge >= 0.3 is 10.5 Å². The summed E-state index contributed by atoms with van der Waals surface area (Å²) in [5.41, 5.74) is 3.57. The smallest absolute Gasteiger partial charge is 0.488 e. The first-order chi connectivity index (χ1) is 18.2. The fourth-order valence-corrected chi connectivity index (χ4v) is 5.14. The molecule has 0 spiro atoms. The molecule has 0 radical (unpaired) electrons. The van der Waals surface area contributed by atoms with Gasteiger partial charge in [0.05, 0.1) is 32.8 Å². The van der Waals surface area contributed by atoms with Crippen LogP contribution in [-0.2, 0) is 23.5 Å². The highest BCUT2D eigenvalue weighted by Crippen LogP contribution is 2.41. The molecule has 2 N–H and O–H groups in total. The zero-order valence-corrected chi connectivity index (χ0v) is 27.0. The van der Waals surface area contributed by atoms with Crippen molar-refractivity contribution in [3.05, 3.63) is 52.7 Å². The van der Waals surface area contributed by atoms with Crippen LogP contribution in [0.3, 0.4) is 0 Å². The molecule has 1 aliphatic heterocycles. The minimum atomic E-state index is -5.19. The number of likely N-dealkylation sites (N-methyl/N-ethyl adjacent to an activating group) is 1. The lowest BCUT2D eigenvalue weighted by atomic mass is 9.85. The molecule has 4 rings (SSSR count). The van der Waals surface area contributed by atoms with Gasteiger partial charge in [0.2, 0.25) is 5.95 Å². The van der Waals surface area contributed by atoms with Crippen LogP contribution in [0.5, 0.6) is 17.2 Å². The molecule has 0 bridgehead atoms. The summed E-state index contributed by atoms with van der Waals surface area (Å²) in [6.45, 7) is 8.92. The Kier molecular flexibility index (Phi) is 10.1. The van der Waals surface area contributed by atoms with E-state index in [9.17, 15) is 12.3 Å². The number of fused-ring (bicyclic) bond motifs is 1. The molecule has 1 unspecified atom stereocenters. The number of nitrogens with one attached hydrogen (secondary N) is 2. The van der Waals surface area contributed by atoms with Gasteiger partial charge in [-0.1, -0.05) is 15.5 Å². The van der Waals surface area contributed by atoms with Gasteiger partial charge in [0, 0.05) is 18.2 Å². The molecule has 218 valence electrons. The van der Waals surface area contributed by atoms with Gasteiger partial charge in [0.25, 0.3) is 0 Å². The van der Waals surface area contributed by atoms with Crippen molar-refractivity contribution >= 4 is 63.3 Å². The Morgan fingerprint density at radius 1 is 1.10 bits per heavy atom. The molecule has 0 saturated heterocycles. The molecular weight excluding hydrogens is 599 g/mol. The number of ether oxygens (including phenoxy) is 1. The van der Waals surface area contributed by atoms with Crippen molar-refractivity contribution in [1.82, 2.24) is 14.9 Å². The Morgan fingerprint density at radius 3 is 2.48 bits per heavy atom. The molecule has 10 nitrogen and oxygen atoms in total. The van der Waals surface area contributed by atoms with Gasteiger partial charge < -0.3 is 24.1 Å². The van der Waals surface area contributed by atoms with Gasteiger partial charge in [0.1, 0.15) is 22.3 Å². The van der Waals surface area contributed by atoms with Crippen LogP contribution in [0, 0.1) is 0 Å². The number of hydrogen-bond acceptors (Lipinski definition) is 10. The monoisotopic (exact) mass is 631 g/mol. The Bertz CT molecular complexity index is 1500. The highest BCUT2D eigenvalue weighted by atomic mass is 35.5. The maximum Gasteiger partial charge on any atom is 0.488 e. The lowest BCUT2D eigenvalue weighted by molar-refractivity contribution is 0.133. The number of methoxy groups -OCH3 is 1. The van der Waals surface area contributed by atoms with Crippen molar-refractivity contribution in [1.29, 1.82) is 0 Å². The predicted molar refractivity (Wildman–Crippen MR) is 163 cm³/mol. The van der Waals surface area contributed by atoms with Gasteiger partial charge in [-0.15, -0.1) is 0 Å². The average Bonchev–Trinajstić information content (AvgIpc) is 2.82. The van der Waals surface area contributed by atoms with E-state index in [1.54, 1.807) is 7.11 Å². The molecule has 0 saturated carbocycles. The first-order valence-electron chi connectivity index (χ1n) is 11.8. The number of rotatable bonds is 9. The lowest BCUT2D eigenvalue weighted by Crippen LogP contribution is -2.45. The fourth-order valence-electron chi connectivity index (χ4n) is 4.12. The average molecular weight is 632 g/mol. The Morgan fingerprint density at radius 2 is 1.82 bits per heavy atom. The second-order valence-corrected chi connectivity index (χ2v) is 13.0. The van der Waals surface area contributed by atoms with Gasteiger partial charge in [-0.3, -0.25) is 4.90 Å². The third-order valence-electron chi connectivity index (χ3n) is 6.26. The van der Waals surface area contributed by atoms with Gasteiger partial charge in [-0.2, -0.15) is 23.3 Å². The van der Waals surface area contributed by atoms with E-state index in [1.165, 1.54) is 35.5 Å². The topological polar surface area (TPSA) is 115 Å². The van der Waals surface area contributed by atoms with Crippen LogP contribution >= 0.6 is 29.6 Å². The maximum atomic E-state index is 13.0. The summed E-state index contributed by atoms with van der Waals surface area (Å²) in [5, 5.41) is 6.54. The first-order valence-corrected chi connectivity index (χ1v) is 15.7. The number of hydrogen-bond donors (Lipinski definition) is 2. The molecule has 2 heterocycles. The summed E-state index contributed by atoms with van der Waals surface area (Å²) >= 11 is 6.39. The van der Waals surface area contributed by atoms with E-state index in [4.69, 9.17) is 20.9 Å². The summed E-state index contributed by atoms with van der Waals surface area (Å²) in [4.78, 5) is 11.1. The second kappa shape index (κ2) is 12.6. The van der Waals surface area contributed by atoms with Crippen LogP contribution in [0.15, 0.2) is 36.5 Å². The van der Waals surface area contributed by atoms with Crippen molar-refractivity contribution in [3.8, 4) is 17.2 Å². The van der Waals surface area contributed by atoms with Crippen LogP contribution in [0.25, 0.3) is 0 Å². The quantitative estimate of drug-likeness (QED) is 0.213. The van der Waals surface area contributed by atoms with Gasteiger partial charge in [-0.25, -0.2) is 4.98 Å². The fraction of sp³-hybridized carbons (Fsp3) is 0.360. The molecular formula is C25H33ClFN5O5P2S. The van der Waals surface area contributed by atoms with Crippen molar-refractivity contribution in [2.45, 2.75) is 32.4 Å². The highest BCUT2D eigenvalue weighted by Gasteiger charge is 2.31. The Labute approximate surface area is 243 Å². The van der Waals surface area contributed by atoms with Gasteiger partial charge in [0.15, 0.2) is 5.82 Å². The Hall–Kier alpha value is -2.49. The van der Waals surface area contributed by atoms with Crippen molar-refractivity contribution < 1.29 is 25.7 Å². The molecule has 1 aliphatic rings. The maximum absolute atomic E-state index is 13.0. The third kappa shape index (κ3) is 7.83. The van der Waals surface area contributed by atoms with Crippen molar-refractivity contribution in [2.75, 3.05) is 38.1 Å². The number of benzene rings is 2. The molecule has 15 heteroatoms. The largest absolute Gasteiger partial charge is 0.495 e. The Balaban J connectivity index is 0.00000441. The lowest BCUT2D eigenvalue weighted by Gasteiger charge is -2.41. The van der Waals surface area contributed by atoms with E-state index < -0.39 is 18.7 Å². The number of nitrogens with zero attached hydrogens (tertiary/aromatic N) is 3. The molecule has 40 heavy (non-hydrogen) atoms. The van der Waals surface area contributed by atoms with E-state index >= 15 is 0 Å². The molecule has 3 aromatic rings. The summed E-state index contributed by atoms with van der Waals surface area (Å²) in [7, 11) is -2.39. The normalized spacial score (nSPS) is 14.6. The van der Waals surface area contributed by atoms with E-state index in [0.717, 1.165) is 13.0 Å². The standard InChI is InChI=1S/C25H30ClFN5O5PS.H3P/c1-25(2)12-15-10-21(35-4)20(9-16(15)14-32(25)3)30-24-28-13-18(26)23(31-24)29-19-8-7-17(37-39(27,33)34)11-22(19)36-38(5)6;/h7-11,13H,12,14H2,1-6H3,(H2,28,29,30,31);1H3. The summed E-state index contributed by atoms with van der Waals surface area (Å²) in [5.74, 6) is 1.19. The van der Waals surface area contributed by atoms with Crippen LogP contribution in [-0.4, -0.2) is 56.3 Å². The van der Waals surface area contributed by atoms with E-state index in [0.29, 0.717) is 17.1 Å². The summed E-state index contributed by atoms with van der Waals surface area (Å²) in [6, 6.07) is 8.11. The molecule has 0 aliphatic carbocycles. The third-order valence-corrected chi connectivity index (χ3v) is 7.49. The number of aromatic nitrogens is 2. The highest BCUT2D eigenvalue weighted by molar-refractivity contribution is 7.81. The van der Waals surface area contributed by atoms with Gasteiger partial charge in [-0.05, 0) is 76.0 Å². The van der Waals surface area contributed by atoms with Crippen molar-refractivity contribution in [2.24, 2.45) is 0 Å². The van der Waals surface area contributed by atoms with E-state index in [1.807, 2.05) is 25.5 Å². The molecule has 0 amide bonds. The van der Waals surface area contributed by atoms with Crippen LogP contribution in [0.1, 0.15) is 25.0 Å². The molecule has 1 atom stereocenters. The molecule has 1 aromatic heterocycles. The predicted octanol–water partition coefficient (Wildman–Crippen LogP) is 6.08. The summed E-state index contributed by atoms with van der Waals surface area (Å²) < 4.78 is 50.7. The van der Waals surface area contributed by atoms with Crippen LogP contribution < -0.4 is 24.1 Å². The number of halogens is 2. The zero-order valence-electron chi connectivity index (χ0n) is 23.1. The van der Waals surface area contributed by atoms with E-state index in [2.05, 4.69) is 50.6 Å². The van der Waals surface area contributed by atoms with Crippen LogP contribution in [0.4, 0.5) is 27.0 Å².